The van der Waals surface area contributed by atoms with Crippen molar-refractivity contribution in [2.75, 3.05) is 25.0 Å². The number of nitrogens with zero attached hydrogens (tertiary/aromatic N) is 1. The summed E-state index contributed by atoms with van der Waals surface area (Å²) in [4.78, 5) is 37.4. The second kappa shape index (κ2) is 11.0. The molecule has 6 heteroatoms. The summed E-state index contributed by atoms with van der Waals surface area (Å²) in [5.74, 6) is -1.09. The van der Waals surface area contributed by atoms with Gasteiger partial charge in [-0.25, -0.2) is 4.79 Å². The van der Waals surface area contributed by atoms with Gasteiger partial charge in [0.2, 0.25) is 5.91 Å². The molecule has 2 amide bonds. The summed E-state index contributed by atoms with van der Waals surface area (Å²) in [5, 5.41) is 2.63. The van der Waals surface area contributed by atoms with Gasteiger partial charge in [0.25, 0.3) is 5.91 Å². The average Bonchev–Trinajstić information content (AvgIpc) is 2.60. The van der Waals surface area contributed by atoms with Gasteiger partial charge in [-0.15, -0.1) is 0 Å². The molecule has 0 aliphatic heterocycles. The van der Waals surface area contributed by atoms with Crippen LogP contribution < -0.4 is 5.32 Å². The fourth-order valence-electron chi connectivity index (χ4n) is 2.29. The molecule has 0 saturated carbocycles. The number of carbonyl (C=O) groups excluding carboxylic acids is 3. The minimum absolute atomic E-state index is 0.0538. The van der Waals surface area contributed by atoms with Crippen LogP contribution in [0.4, 0.5) is 5.69 Å². The molecule has 0 fully saturated rings. The monoisotopic (exact) mass is 346 g/mol. The van der Waals surface area contributed by atoms with Crippen LogP contribution in [0.1, 0.15) is 44.0 Å². The van der Waals surface area contributed by atoms with E-state index in [1.807, 2.05) is 18.7 Å². The Bertz CT molecular complexity index is 620. The number of ether oxygens (including phenoxy) is 1. The van der Waals surface area contributed by atoms with E-state index in [2.05, 4.69) is 5.32 Å². The molecule has 1 rings (SSSR count). The van der Waals surface area contributed by atoms with E-state index in [-0.39, 0.29) is 12.5 Å². The number of esters is 1. The minimum atomic E-state index is -0.573. The summed E-state index contributed by atoms with van der Waals surface area (Å²) in [6.45, 7) is 7.40. The zero-order valence-electron chi connectivity index (χ0n) is 15.1. The van der Waals surface area contributed by atoms with Crippen molar-refractivity contribution in [3.8, 4) is 0 Å². The summed E-state index contributed by atoms with van der Waals surface area (Å²) in [5.41, 5.74) is 1.02. The van der Waals surface area contributed by atoms with Crippen molar-refractivity contribution < 1.29 is 19.1 Å². The highest BCUT2D eigenvalue weighted by molar-refractivity contribution is 6.03. The smallest absolute Gasteiger partial charge is 0.330 e. The quantitative estimate of drug-likeness (QED) is 0.551. The first kappa shape index (κ1) is 20.4. The van der Waals surface area contributed by atoms with E-state index in [0.29, 0.717) is 24.3 Å². The third-order valence-electron chi connectivity index (χ3n) is 3.31. The maximum absolute atomic E-state index is 12.6. The third-order valence-corrected chi connectivity index (χ3v) is 3.31. The molecule has 0 heterocycles. The van der Waals surface area contributed by atoms with Gasteiger partial charge >= 0.3 is 5.97 Å². The van der Waals surface area contributed by atoms with E-state index in [0.717, 1.165) is 25.0 Å². The number of rotatable bonds is 9. The first-order chi connectivity index (χ1) is 12.0. The molecule has 0 radical (unpaired) electrons. The van der Waals surface area contributed by atoms with Crippen molar-refractivity contribution in [3.63, 3.8) is 0 Å². The standard InChI is InChI=1S/C19H26N2O4/c1-4-12-21(13-5-2)19(24)15-8-7-9-16(14-15)20-17(22)10-11-18(23)25-6-3/h7-11,14H,4-6,12-13H2,1-3H3,(H,20,22)/b11-10+. The Hall–Kier alpha value is -2.63. The highest BCUT2D eigenvalue weighted by atomic mass is 16.5. The van der Waals surface area contributed by atoms with E-state index in [1.165, 1.54) is 0 Å². The van der Waals surface area contributed by atoms with Crippen LogP contribution in [0, 0.1) is 0 Å². The largest absolute Gasteiger partial charge is 0.463 e. The van der Waals surface area contributed by atoms with Gasteiger partial charge in [-0.2, -0.15) is 0 Å². The highest BCUT2D eigenvalue weighted by Crippen LogP contribution is 2.13. The second-order valence-corrected chi connectivity index (χ2v) is 5.45. The number of anilines is 1. The Morgan fingerprint density at radius 1 is 1.08 bits per heavy atom. The predicted octanol–water partition coefficient (Wildman–Crippen LogP) is 3.01. The van der Waals surface area contributed by atoms with Crippen LogP contribution in [0.2, 0.25) is 0 Å². The normalized spacial score (nSPS) is 10.5. The summed E-state index contributed by atoms with van der Waals surface area (Å²) in [7, 11) is 0. The topological polar surface area (TPSA) is 75.7 Å². The van der Waals surface area contributed by atoms with Crippen LogP contribution in [-0.4, -0.2) is 42.4 Å². The molecule has 0 aliphatic rings. The number of carbonyl (C=O) groups is 3. The van der Waals surface area contributed by atoms with Gasteiger partial charge in [-0.3, -0.25) is 9.59 Å². The van der Waals surface area contributed by atoms with Crippen LogP contribution in [0.3, 0.4) is 0 Å². The van der Waals surface area contributed by atoms with Crippen molar-refractivity contribution in [2.24, 2.45) is 0 Å². The zero-order chi connectivity index (χ0) is 18.7. The van der Waals surface area contributed by atoms with Gasteiger partial charge < -0.3 is 15.0 Å². The van der Waals surface area contributed by atoms with E-state index >= 15 is 0 Å². The molecular formula is C19H26N2O4. The number of benzene rings is 1. The lowest BCUT2D eigenvalue weighted by Gasteiger charge is -2.21. The lowest BCUT2D eigenvalue weighted by Crippen LogP contribution is -2.32. The van der Waals surface area contributed by atoms with Crippen LogP contribution in [0.15, 0.2) is 36.4 Å². The summed E-state index contributed by atoms with van der Waals surface area (Å²) < 4.78 is 4.71. The van der Waals surface area contributed by atoms with Gasteiger partial charge in [0.1, 0.15) is 0 Å². The zero-order valence-corrected chi connectivity index (χ0v) is 15.1. The molecule has 6 nitrogen and oxygen atoms in total. The molecule has 0 saturated heterocycles. The molecule has 0 atom stereocenters. The maximum atomic E-state index is 12.6. The minimum Gasteiger partial charge on any atom is -0.463 e. The van der Waals surface area contributed by atoms with Gasteiger partial charge in [0, 0.05) is 36.5 Å². The average molecular weight is 346 g/mol. The first-order valence-corrected chi connectivity index (χ1v) is 8.56. The van der Waals surface area contributed by atoms with Gasteiger partial charge in [0.05, 0.1) is 6.61 Å². The summed E-state index contributed by atoms with van der Waals surface area (Å²) >= 11 is 0. The maximum Gasteiger partial charge on any atom is 0.330 e. The molecule has 1 aromatic carbocycles. The SMILES string of the molecule is CCCN(CCC)C(=O)c1cccc(NC(=O)/C=C/C(=O)OCC)c1. The molecule has 25 heavy (non-hydrogen) atoms. The fourth-order valence-corrected chi connectivity index (χ4v) is 2.29. The molecule has 0 bridgehead atoms. The highest BCUT2D eigenvalue weighted by Gasteiger charge is 2.14. The van der Waals surface area contributed by atoms with Gasteiger partial charge in [-0.1, -0.05) is 19.9 Å². The Kier molecular flexibility index (Phi) is 9.00. The van der Waals surface area contributed by atoms with Crippen molar-refractivity contribution in [3.05, 3.63) is 42.0 Å². The van der Waals surface area contributed by atoms with Crippen molar-refractivity contribution >= 4 is 23.5 Å². The molecular weight excluding hydrogens is 320 g/mol. The molecule has 0 unspecified atom stereocenters. The Morgan fingerprint density at radius 2 is 1.76 bits per heavy atom. The van der Waals surface area contributed by atoms with Crippen LogP contribution in [0.25, 0.3) is 0 Å². The van der Waals surface area contributed by atoms with Crippen LogP contribution >= 0.6 is 0 Å². The molecule has 136 valence electrons. The Morgan fingerprint density at radius 3 is 2.36 bits per heavy atom. The van der Waals surface area contributed by atoms with E-state index in [4.69, 9.17) is 4.74 Å². The second-order valence-electron chi connectivity index (χ2n) is 5.45. The molecule has 0 spiro atoms. The lowest BCUT2D eigenvalue weighted by atomic mass is 10.1. The van der Waals surface area contributed by atoms with Gasteiger partial charge in [-0.05, 0) is 38.0 Å². The van der Waals surface area contributed by atoms with Crippen LogP contribution in [-0.2, 0) is 14.3 Å². The Labute approximate surface area is 148 Å². The van der Waals surface area contributed by atoms with Gasteiger partial charge in [0.15, 0.2) is 0 Å². The van der Waals surface area contributed by atoms with Crippen molar-refractivity contribution in [2.45, 2.75) is 33.6 Å². The van der Waals surface area contributed by atoms with E-state index in [9.17, 15) is 14.4 Å². The van der Waals surface area contributed by atoms with E-state index < -0.39 is 11.9 Å². The Balaban J connectivity index is 2.78. The number of nitrogens with one attached hydrogen (secondary N) is 1. The fraction of sp³-hybridized carbons (Fsp3) is 0.421. The van der Waals surface area contributed by atoms with Crippen molar-refractivity contribution in [1.29, 1.82) is 0 Å². The van der Waals surface area contributed by atoms with Crippen molar-refractivity contribution in [1.82, 2.24) is 4.90 Å². The first-order valence-electron chi connectivity index (χ1n) is 8.56. The molecule has 1 aromatic rings. The summed E-state index contributed by atoms with van der Waals surface area (Å²) in [6.07, 6.45) is 3.95. The molecule has 0 aliphatic carbocycles. The number of hydrogen-bond donors (Lipinski definition) is 1. The summed E-state index contributed by atoms with van der Waals surface area (Å²) in [6, 6.07) is 6.77. The van der Waals surface area contributed by atoms with E-state index in [1.54, 1.807) is 31.2 Å². The van der Waals surface area contributed by atoms with Crippen LogP contribution in [0.5, 0.6) is 0 Å². The predicted molar refractivity (Wildman–Crippen MR) is 97.3 cm³/mol. The number of hydrogen-bond acceptors (Lipinski definition) is 4. The number of amides is 2. The third kappa shape index (κ3) is 7.20. The molecule has 0 aromatic heterocycles. The molecule has 1 N–H and O–H groups in total. The lowest BCUT2D eigenvalue weighted by molar-refractivity contribution is -0.137.